The molecule has 0 radical (unpaired) electrons. The lowest BCUT2D eigenvalue weighted by atomic mass is 9.80. The Balaban J connectivity index is 1.26. The van der Waals surface area contributed by atoms with Gasteiger partial charge in [0.05, 0.1) is 43.9 Å². The summed E-state index contributed by atoms with van der Waals surface area (Å²) in [6.07, 6.45) is 7.03. The maximum Gasteiger partial charge on any atom is 0.335 e. The van der Waals surface area contributed by atoms with Gasteiger partial charge < -0.3 is 19.7 Å². The van der Waals surface area contributed by atoms with Crippen LogP contribution in [-0.4, -0.2) is 98.2 Å². The summed E-state index contributed by atoms with van der Waals surface area (Å²) in [5.74, 6) is -2.20. The lowest BCUT2D eigenvalue weighted by Crippen LogP contribution is -2.28. The van der Waals surface area contributed by atoms with Gasteiger partial charge in [-0.3, -0.25) is 19.2 Å². The molecule has 2 heterocycles. The van der Waals surface area contributed by atoms with Gasteiger partial charge in [0.2, 0.25) is 11.4 Å². The van der Waals surface area contributed by atoms with Crippen LogP contribution in [0, 0.1) is 10.1 Å². The van der Waals surface area contributed by atoms with Gasteiger partial charge in [-0.2, -0.15) is 26.0 Å². The monoisotopic (exact) mass is 1020 g/mol. The van der Waals surface area contributed by atoms with Crippen molar-refractivity contribution in [2.45, 2.75) is 71.0 Å². The van der Waals surface area contributed by atoms with Crippen LogP contribution in [0.4, 0.5) is 17.1 Å². The van der Waals surface area contributed by atoms with E-state index < -0.39 is 65.5 Å². The van der Waals surface area contributed by atoms with Crippen molar-refractivity contribution in [1.29, 1.82) is 0 Å². The standard InChI is InChI=1S/C53H53N3O14S2/c1-34(41-10-6-7-11-44(41)56(61)62)70-40-19-12-36(13-20-40)33-69-47-23-14-35(15-24-48-52(2,3)42-31-38(50(57)58)16-21-45(42)54(48)26-8-28-71(63,64)65)30-37(47)18-25-49-53(4,5)43-32-39(51(59)60)17-22-46(43)55(49)27-9-29-72(66,67)68/h6-7,10-25,30-32,34H,8-9,26-29,33H2,1-5H3,(H2-2,57,58,59,60,63,64,65,66,67,68)/p+2/b24-15+,25-18+. The van der Waals surface area contributed by atoms with Gasteiger partial charge in [-0.1, -0.05) is 30.3 Å². The van der Waals surface area contributed by atoms with Crippen molar-refractivity contribution in [1.82, 2.24) is 0 Å². The van der Waals surface area contributed by atoms with E-state index in [0.717, 1.165) is 28.1 Å². The maximum absolute atomic E-state index is 12.1. The van der Waals surface area contributed by atoms with E-state index in [-0.39, 0.29) is 49.4 Å². The molecule has 0 saturated carbocycles. The van der Waals surface area contributed by atoms with Gasteiger partial charge in [0.25, 0.3) is 25.9 Å². The summed E-state index contributed by atoms with van der Waals surface area (Å²) in [6, 6.07) is 28.6. The number of para-hydroxylation sites is 1. The number of fused-ring (bicyclic) bond motifs is 2. The summed E-state index contributed by atoms with van der Waals surface area (Å²) in [7, 11) is -8.53. The van der Waals surface area contributed by atoms with Gasteiger partial charge in [0.1, 0.15) is 37.3 Å². The molecule has 17 nitrogen and oxygen atoms in total. The zero-order chi connectivity index (χ0) is 52.3. The predicted molar refractivity (Wildman–Crippen MR) is 272 cm³/mol. The van der Waals surface area contributed by atoms with Crippen molar-refractivity contribution in [2.75, 3.05) is 24.6 Å². The fourth-order valence-corrected chi connectivity index (χ4v) is 10.3. The van der Waals surface area contributed by atoms with Crippen molar-refractivity contribution in [2.24, 2.45) is 0 Å². The van der Waals surface area contributed by atoms with Crippen LogP contribution in [0.3, 0.4) is 0 Å². The SMILES string of the molecule is CC(Oc1ccc(COc2ccc(/C=C/C3=[N+](CCCS(=O)(=O)O)c4ccc(C(=O)O)cc4C3(C)C)cc2/C=C/C2=[N+](CCCS(=O)(=O)O)c3ccc(C(=O)O)cc3C2(C)C)cc1)c1ccccc1[N+](=O)[O-]. The molecule has 19 heteroatoms. The first kappa shape index (κ1) is 52.5. The van der Waals surface area contributed by atoms with Gasteiger partial charge in [-0.15, -0.1) is 0 Å². The number of hydrogen-bond acceptors (Lipinski definition) is 10. The van der Waals surface area contributed by atoms with Crippen LogP contribution >= 0.6 is 0 Å². The molecule has 0 amide bonds. The minimum atomic E-state index is -4.28. The zero-order valence-corrected chi connectivity index (χ0v) is 41.8. The molecule has 1 atom stereocenters. The minimum absolute atomic E-state index is 0.0449. The van der Waals surface area contributed by atoms with Crippen LogP contribution in [0.2, 0.25) is 0 Å². The number of carboxylic acid groups (broad SMARTS) is 2. The number of allylic oxidation sites excluding steroid dienone is 2. The molecule has 4 N–H and O–H groups in total. The first-order chi connectivity index (χ1) is 33.8. The summed E-state index contributed by atoms with van der Waals surface area (Å²) in [5, 5.41) is 31.3. The number of nitro groups is 1. The molecule has 0 bridgehead atoms. The van der Waals surface area contributed by atoms with Crippen LogP contribution in [0.15, 0.2) is 115 Å². The van der Waals surface area contributed by atoms with E-state index in [1.807, 2.05) is 85.4 Å². The molecule has 2 aliphatic heterocycles. The first-order valence-corrected chi connectivity index (χ1v) is 26.1. The van der Waals surface area contributed by atoms with Crippen molar-refractivity contribution >= 4 is 72.8 Å². The van der Waals surface area contributed by atoms with Crippen LogP contribution in [0.1, 0.15) is 108 Å². The highest BCUT2D eigenvalue weighted by atomic mass is 32.2. The number of hydrogen-bond donors (Lipinski definition) is 4. The Morgan fingerprint density at radius 3 is 1.71 bits per heavy atom. The fourth-order valence-electron chi connectivity index (χ4n) is 9.28. The normalized spacial score (nSPS) is 15.5. The summed E-state index contributed by atoms with van der Waals surface area (Å²) in [5.41, 5.74) is 5.46. The number of ether oxygens (including phenoxy) is 2. The molecule has 5 aromatic rings. The van der Waals surface area contributed by atoms with Crippen molar-refractivity contribution < 1.29 is 69.3 Å². The molecule has 0 spiro atoms. The van der Waals surface area contributed by atoms with E-state index in [2.05, 4.69) is 0 Å². The Hall–Kier alpha value is -7.32. The highest BCUT2D eigenvalue weighted by Crippen LogP contribution is 2.43. The van der Waals surface area contributed by atoms with E-state index >= 15 is 0 Å². The minimum Gasteiger partial charge on any atom is -0.488 e. The highest BCUT2D eigenvalue weighted by molar-refractivity contribution is 7.86. The number of carboxylic acids is 2. The van der Waals surface area contributed by atoms with E-state index in [1.54, 1.807) is 67.6 Å². The molecule has 7 rings (SSSR count). The van der Waals surface area contributed by atoms with Gasteiger partial charge in [-0.05, 0) is 112 Å². The number of nitrogens with zero attached hydrogens (tertiary/aromatic N) is 3. The van der Waals surface area contributed by atoms with E-state index in [4.69, 9.17) is 9.47 Å². The molecule has 0 aromatic heterocycles. The predicted octanol–water partition coefficient (Wildman–Crippen LogP) is 9.45. The van der Waals surface area contributed by atoms with E-state index in [1.165, 1.54) is 18.2 Å². The Labute approximate surface area is 417 Å². The topological polar surface area (TPSA) is 251 Å². The molecule has 376 valence electrons. The average Bonchev–Trinajstić information content (AvgIpc) is 3.66. The second-order valence-electron chi connectivity index (χ2n) is 18.6. The molecule has 72 heavy (non-hydrogen) atoms. The van der Waals surface area contributed by atoms with Crippen LogP contribution in [-0.2, 0) is 37.7 Å². The van der Waals surface area contributed by atoms with Gasteiger partial charge in [0.15, 0.2) is 11.4 Å². The summed E-state index contributed by atoms with van der Waals surface area (Å²) >= 11 is 0. The highest BCUT2D eigenvalue weighted by Gasteiger charge is 2.46. The number of carbonyl (C=O) groups is 2. The first-order valence-electron chi connectivity index (χ1n) is 22.9. The molecule has 0 saturated heterocycles. The molecular formula is C53H55N3O14S2+2. The third-order valence-corrected chi connectivity index (χ3v) is 14.5. The smallest absolute Gasteiger partial charge is 0.335 e. The van der Waals surface area contributed by atoms with Gasteiger partial charge >= 0.3 is 11.9 Å². The third-order valence-electron chi connectivity index (χ3n) is 12.9. The largest absolute Gasteiger partial charge is 0.488 e. The maximum atomic E-state index is 12.1. The molecule has 0 fully saturated rings. The summed E-state index contributed by atoms with van der Waals surface area (Å²) < 4.78 is 82.5. The van der Waals surface area contributed by atoms with E-state index in [9.17, 15) is 55.9 Å². The molecule has 1 unspecified atom stereocenters. The molecule has 5 aromatic carbocycles. The van der Waals surface area contributed by atoms with Crippen LogP contribution < -0.4 is 9.47 Å². The number of nitro benzene ring substituents is 1. The lowest BCUT2D eigenvalue weighted by molar-refractivity contribution is -0.437. The van der Waals surface area contributed by atoms with Crippen molar-refractivity contribution in [3.05, 3.63) is 170 Å². The fraction of sp³-hybridized carbons (Fsp3) is 0.283. The van der Waals surface area contributed by atoms with Gasteiger partial charge in [0, 0.05) is 59.9 Å². The lowest BCUT2D eigenvalue weighted by Gasteiger charge is -2.17. The Bertz CT molecular complexity index is 3340. The summed E-state index contributed by atoms with van der Waals surface area (Å²) in [6.45, 7) is 9.99. The average molecular weight is 1020 g/mol. The quantitative estimate of drug-likeness (QED) is 0.0231. The second-order valence-corrected chi connectivity index (χ2v) is 21.8. The number of benzene rings is 5. The summed E-state index contributed by atoms with van der Waals surface area (Å²) in [4.78, 5) is 35.3. The van der Waals surface area contributed by atoms with Crippen molar-refractivity contribution in [3.8, 4) is 11.5 Å². The van der Waals surface area contributed by atoms with Crippen molar-refractivity contribution in [3.63, 3.8) is 0 Å². The Morgan fingerprint density at radius 2 is 1.21 bits per heavy atom. The van der Waals surface area contributed by atoms with Gasteiger partial charge in [-0.25, -0.2) is 9.59 Å². The van der Waals surface area contributed by atoms with Crippen LogP contribution in [0.5, 0.6) is 11.5 Å². The Morgan fingerprint density at radius 1 is 0.694 bits per heavy atom. The Kier molecular flexibility index (Phi) is 15.2. The molecular weight excluding hydrogens is 967 g/mol. The number of rotatable bonds is 21. The second kappa shape index (κ2) is 20.8. The third kappa shape index (κ3) is 11.9. The van der Waals surface area contributed by atoms with E-state index in [0.29, 0.717) is 39.6 Å². The number of aromatic carboxylic acids is 2. The van der Waals surface area contributed by atoms with Crippen LogP contribution in [0.25, 0.3) is 12.2 Å². The molecule has 0 aliphatic carbocycles. The molecule has 2 aliphatic rings. The zero-order valence-electron chi connectivity index (χ0n) is 40.2.